The zero-order valence-electron chi connectivity index (χ0n) is 8.53. The van der Waals surface area contributed by atoms with E-state index < -0.39 is 0 Å². The molecule has 1 aromatic heterocycles. The molecule has 1 saturated heterocycles. The van der Waals surface area contributed by atoms with E-state index in [-0.39, 0.29) is 5.91 Å². The van der Waals surface area contributed by atoms with E-state index in [4.69, 9.17) is 6.57 Å². The van der Waals surface area contributed by atoms with E-state index in [0.29, 0.717) is 24.6 Å². The van der Waals surface area contributed by atoms with Crippen LogP contribution in [0.3, 0.4) is 0 Å². The fraction of sp³-hybridized carbons (Fsp3) is 0.364. The molecule has 1 aliphatic rings. The van der Waals surface area contributed by atoms with Crippen molar-refractivity contribution >= 4 is 17.5 Å². The number of amides is 1. The second-order valence-electron chi connectivity index (χ2n) is 3.57. The number of aryl methyl sites for hydroxylation is 1. The number of aromatic nitrogens is 1. The van der Waals surface area contributed by atoms with Crippen molar-refractivity contribution in [2.45, 2.75) is 19.8 Å². The number of hydrogen-bond donors (Lipinski definition) is 0. The Kier molecular flexibility index (Phi) is 2.38. The van der Waals surface area contributed by atoms with E-state index in [1.54, 1.807) is 11.0 Å². The zero-order valence-corrected chi connectivity index (χ0v) is 8.53. The smallest absolute Gasteiger partial charge is 0.274 e. The number of anilines is 1. The van der Waals surface area contributed by atoms with E-state index in [1.807, 2.05) is 13.0 Å². The van der Waals surface area contributed by atoms with Crippen LogP contribution in [0.1, 0.15) is 18.4 Å². The maximum absolute atomic E-state index is 11.5. The molecular weight excluding hydrogens is 190 g/mol. The number of carbonyl (C=O) groups is 1. The lowest BCUT2D eigenvalue weighted by Crippen LogP contribution is -2.24. The fourth-order valence-electron chi connectivity index (χ4n) is 1.66. The van der Waals surface area contributed by atoms with E-state index in [2.05, 4.69) is 9.83 Å². The Bertz CT molecular complexity index is 448. The average molecular weight is 201 g/mol. The van der Waals surface area contributed by atoms with E-state index >= 15 is 0 Å². The summed E-state index contributed by atoms with van der Waals surface area (Å²) in [5.74, 6) is 1.09. The maximum Gasteiger partial charge on any atom is 0.274 e. The third-order valence-corrected chi connectivity index (χ3v) is 2.51. The van der Waals surface area contributed by atoms with Crippen LogP contribution >= 0.6 is 0 Å². The van der Waals surface area contributed by atoms with Gasteiger partial charge in [0.25, 0.3) is 5.82 Å². The molecular formula is C11H11N3O. The molecule has 0 saturated carbocycles. The van der Waals surface area contributed by atoms with Gasteiger partial charge in [-0.2, -0.15) is 0 Å². The van der Waals surface area contributed by atoms with Crippen molar-refractivity contribution < 1.29 is 4.79 Å². The maximum atomic E-state index is 11.5. The molecule has 76 valence electrons. The summed E-state index contributed by atoms with van der Waals surface area (Å²) < 4.78 is 0. The second-order valence-corrected chi connectivity index (χ2v) is 3.57. The number of pyridine rings is 1. The molecule has 0 radical (unpaired) electrons. The molecule has 0 aromatic carbocycles. The molecule has 0 bridgehead atoms. The highest BCUT2D eigenvalue weighted by molar-refractivity contribution is 5.94. The van der Waals surface area contributed by atoms with Crippen LogP contribution in [-0.2, 0) is 4.79 Å². The minimum Gasteiger partial charge on any atom is -0.360 e. The normalized spacial score (nSPS) is 15.5. The topological polar surface area (TPSA) is 37.6 Å². The zero-order chi connectivity index (χ0) is 10.8. The van der Waals surface area contributed by atoms with Gasteiger partial charge in [0, 0.05) is 19.0 Å². The van der Waals surface area contributed by atoms with Crippen LogP contribution in [0.4, 0.5) is 11.6 Å². The van der Waals surface area contributed by atoms with Gasteiger partial charge in [-0.15, -0.1) is 4.98 Å². The Balaban J connectivity index is 2.37. The predicted octanol–water partition coefficient (Wildman–Crippen LogP) is 2.07. The van der Waals surface area contributed by atoms with E-state index in [1.165, 1.54) is 0 Å². The number of hydrogen-bond acceptors (Lipinski definition) is 2. The van der Waals surface area contributed by atoms with Crippen molar-refractivity contribution in [1.29, 1.82) is 0 Å². The van der Waals surface area contributed by atoms with E-state index in [9.17, 15) is 4.79 Å². The lowest BCUT2D eigenvalue weighted by Gasteiger charge is -2.11. The molecule has 2 heterocycles. The first-order valence-corrected chi connectivity index (χ1v) is 4.88. The molecule has 0 atom stereocenters. The number of carbonyl (C=O) groups excluding carboxylic acids is 1. The van der Waals surface area contributed by atoms with Gasteiger partial charge >= 0.3 is 0 Å². The monoisotopic (exact) mass is 201 g/mol. The Labute approximate surface area is 88.4 Å². The molecule has 2 rings (SSSR count). The lowest BCUT2D eigenvalue weighted by atomic mass is 10.3. The van der Waals surface area contributed by atoms with Gasteiger partial charge in [0.05, 0.1) is 0 Å². The third-order valence-electron chi connectivity index (χ3n) is 2.51. The Morgan fingerprint density at radius 3 is 2.93 bits per heavy atom. The Morgan fingerprint density at radius 2 is 2.33 bits per heavy atom. The first-order valence-electron chi connectivity index (χ1n) is 4.88. The number of rotatable bonds is 1. The van der Waals surface area contributed by atoms with Gasteiger partial charge in [0.1, 0.15) is 0 Å². The van der Waals surface area contributed by atoms with Crippen molar-refractivity contribution in [2.75, 3.05) is 11.4 Å². The summed E-state index contributed by atoms with van der Waals surface area (Å²) in [5.41, 5.74) is 0.848. The first-order chi connectivity index (χ1) is 7.22. The van der Waals surface area contributed by atoms with Crippen molar-refractivity contribution in [2.24, 2.45) is 0 Å². The van der Waals surface area contributed by atoms with Gasteiger partial charge in [0.2, 0.25) is 11.7 Å². The van der Waals surface area contributed by atoms with Gasteiger partial charge in [-0.25, -0.2) is 0 Å². The van der Waals surface area contributed by atoms with Gasteiger partial charge in [-0.05, 0) is 18.9 Å². The SMILES string of the molecule is [C-]#[N+]c1nc(N2CCCC2=O)ccc1C. The summed E-state index contributed by atoms with van der Waals surface area (Å²) in [5, 5.41) is 0. The third kappa shape index (κ3) is 1.68. The first kappa shape index (κ1) is 9.66. The Morgan fingerprint density at radius 1 is 1.53 bits per heavy atom. The number of nitrogens with zero attached hydrogens (tertiary/aromatic N) is 3. The van der Waals surface area contributed by atoms with Crippen LogP contribution in [0.15, 0.2) is 12.1 Å². The summed E-state index contributed by atoms with van der Waals surface area (Å²) in [6.07, 6.45) is 1.46. The molecule has 15 heavy (non-hydrogen) atoms. The van der Waals surface area contributed by atoms with Gasteiger partial charge in [-0.1, -0.05) is 12.6 Å². The standard InChI is InChI=1S/C11H11N3O/c1-8-5-6-9(13-11(8)12-2)14-7-3-4-10(14)15/h5-6H,3-4,7H2,1H3. The summed E-state index contributed by atoms with van der Waals surface area (Å²) >= 11 is 0. The molecule has 1 amide bonds. The molecule has 4 nitrogen and oxygen atoms in total. The average Bonchev–Trinajstić information content (AvgIpc) is 2.65. The van der Waals surface area contributed by atoms with Crippen molar-refractivity contribution in [3.8, 4) is 0 Å². The lowest BCUT2D eigenvalue weighted by molar-refractivity contribution is -0.117. The largest absolute Gasteiger partial charge is 0.360 e. The summed E-state index contributed by atoms with van der Waals surface area (Å²) in [4.78, 5) is 20.6. The van der Waals surface area contributed by atoms with Crippen molar-refractivity contribution in [3.63, 3.8) is 0 Å². The van der Waals surface area contributed by atoms with Gasteiger partial charge in [0.15, 0.2) is 0 Å². The fourth-order valence-corrected chi connectivity index (χ4v) is 1.66. The van der Waals surface area contributed by atoms with Crippen LogP contribution in [-0.4, -0.2) is 17.4 Å². The van der Waals surface area contributed by atoms with Crippen LogP contribution in [0.5, 0.6) is 0 Å². The van der Waals surface area contributed by atoms with Gasteiger partial charge in [-0.3, -0.25) is 9.69 Å². The summed E-state index contributed by atoms with van der Waals surface area (Å²) in [6.45, 7) is 9.52. The van der Waals surface area contributed by atoms with Crippen LogP contribution in [0, 0.1) is 13.5 Å². The highest BCUT2D eigenvalue weighted by Gasteiger charge is 2.25. The predicted molar refractivity (Wildman–Crippen MR) is 56.8 cm³/mol. The van der Waals surface area contributed by atoms with Gasteiger partial charge < -0.3 is 4.85 Å². The van der Waals surface area contributed by atoms with Crippen molar-refractivity contribution in [1.82, 2.24) is 4.98 Å². The quantitative estimate of drug-likeness (QED) is 0.652. The molecule has 1 aliphatic heterocycles. The molecule has 0 N–H and O–H groups in total. The van der Waals surface area contributed by atoms with Crippen LogP contribution in [0.2, 0.25) is 0 Å². The highest BCUT2D eigenvalue weighted by atomic mass is 16.2. The Hall–Kier alpha value is -1.89. The molecule has 1 aromatic rings. The molecule has 1 fully saturated rings. The van der Waals surface area contributed by atoms with Crippen molar-refractivity contribution in [3.05, 3.63) is 29.1 Å². The second kappa shape index (κ2) is 3.70. The highest BCUT2D eigenvalue weighted by Crippen LogP contribution is 2.24. The minimum atomic E-state index is 0.0993. The summed E-state index contributed by atoms with van der Waals surface area (Å²) in [7, 11) is 0. The van der Waals surface area contributed by atoms with E-state index in [0.717, 1.165) is 12.0 Å². The molecule has 4 heteroatoms. The van der Waals surface area contributed by atoms with Crippen LogP contribution in [0.25, 0.3) is 4.85 Å². The molecule has 0 unspecified atom stereocenters. The molecule has 0 spiro atoms. The molecule has 0 aliphatic carbocycles. The minimum absolute atomic E-state index is 0.0993. The van der Waals surface area contributed by atoms with Crippen LogP contribution < -0.4 is 4.90 Å². The summed E-state index contributed by atoms with van der Waals surface area (Å²) in [6, 6.07) is 3.63.